The number of nitrogens with one attached hydrogen (secondary N) is 1. The molecule has 7 nitrogen and oxygen atoms in total. The van der Waals surface area contributed by atoms with Crippen molar-refractivity contribution in [3.63, 3.8) is 0 Å². The lowest BCUT2D eigenvalue weighted by molar-refractivity contribution is -0.124. The normalized spacial score (nSPS) is 16.6. The zero-order chi connectivity index (χ0) is 21.6. The number of ether oxygens (including phenoxy) is 2. The zero-order valence-corrected chi connectivity index (χ0v) is 17.7. The Morgan fingerprint density at radius 1 is 1.06 bits per heavy atom. The average molecular weight is 439 g/mol. The SMILES string of the molecule is O=C(CCc1ccc2c(c1)OCCO2)NCCN1C(=O)S/C(=C/c2ccccc2)C1=O. The third-order valence-corrected chi connectivity index (χ3v) is 5.78. The standard InChI is InChI=1S/C23H22N2O5S/c26-21(9-7-17-6-8-18-19(14-17)30-13-12-29-18)24-10-11-25-22(27)20(31-23(25)28)15-16-4-2-1-3-5-16/h1-6,8,14-15H,7,9-13H2,(H,24,26)/b20-15+. The minimum atomic E-state index is -0.329. The first-order chi connectivity index (χ1) is 15.1. The molecule has 0 atom stereocenters. The molecule has 1 fully saturated rings. The van der Waals surface area contributed by atoms with E-state index in [0.29, 0.717) is 36.7 Å². The van der Waals surface area contributed by atoms with Crippen LogP contribution in [0.15, 0.2) is 53.4 Å². The van der Waals surface area contributed by atoms with E-state index in [1.54, 1.807) is 6.08 Å². The van der Waals surface area contributed by atoms with Gasteiger partial charge in [0.2, 0.25) is 5.91 Å². The van der Waals surface area contributed by atoms with Gasteiger partial charge in [0.25, 0.3) is 11.1 Å². The van der Waals surface area contributed by atoms with Gasteiger partial charge in [-0.2, -0.15) is 0 Å². The number of carbonyl (C=O) groups is 3. The number of fused-ring (bicyclic) bond motifs is 1. The van der Waals surface area contributed by atoms with Gasteiger partial charge in [-0.15, -0.1) is 0 Å². The number of benzene rings is 2. The van der Waals surface area contributed by atoms with E-state index < -0.39 is 0 Å². The summed E-state index contributed by atoms with van der Waals surface area (Å²) in [6.07, 6.45) is 2.57. The number of amides is 3. The van der Waals surface area contributed by atoms with E-state index in [1.807, 2.05) is 48.5 Å². The summed E-state index contributed by atoms with van der Waals surface area (Å²) >= 11 is 0.918. The third-order valence-electron chi connectivity index (χ3n) is 4.88. The first-order valence-corrected chi connectivity index (χ1v) is 10.9. The Morgan fingerprint density at radius 2 is 1.84 bits per heavy atom. The van der Waals surface area contributed by atoms with E-state index in [-0.39, 0.29) is 30.1 Å². The molecule has 8 heteroatoms. The summed E-state index contributed by atoms with van der Waals surface area (Å²) in [5.74, 6) is 0.955. The predicted octanol–water partition coefficient (Wildman–Crippen LogP) is 3.24. The van der Waals surface area contributed by atoms with Crippen molar-refractivity contribution in [2.24, 2.45) is 0 Å². The molecule has 0 aliphatic carbocycles. The fourth-order valence-corrected chi connectivity index (χ4v) is 4.16. The minimum Gasteiger partial charge on any atom is -0.486 e. The summed E-state index contributed by atoms with van der Waals surface area (Å²) < 4.78 is 11.1. The van der Waals surface area contributed by atoms with Crippen molar-refractivity contribution in [3.05, 3.63) is 64.6 Å². The first-order valence-electron chi connectivity index (χ1n) is 10.1. The van der Waals surface area contributed by atoms with Crippen LogP contribution in [0.3, 0.4) is 0 Å². The van der Waals surface area contributed by atoms with Crippen LogP contribution >= 0.6 is 11.8 Å². The molecule has 160 valence electrons. The Labute approximate surface area is 184 Å². The highest BCUT2D eigenvalue weighted by Crippen LogP contribution is 2.32. The zero-order valence-electron chi connectivity index (χ0n) is 16.8. The summed E-state index contributed by atoms with van der Waals surface area (Å²) in [5.41, 5.74) is 1.84. The lowest BCUT2D eigenvalue weighted by atomic mass is 10.1. The Balaban J connectivity index is 1.23. The van der Waals surface area contributed by atoms with Crippen LogP contribution < -0.4 is 14.8 Å². The van der Waals surface area contributed by atoms with Crippen molar-refractivity contribution >= 4 is 34.9 Å². The van der Waals surface area contributed by atoms with Crippen molar-refractivity contribution in [1.82, 2.24) is 10.2 Å². The number of nitrogens with zero attached hydrogens (tertiary/aromatic N) is 1. The quantitative estimate of drug-likeness (QED) is 0.668. The van der Waals surface area contributed by atoms with Gasteiger partial charge in [0.15, 0.2) is 11.5 Å². The van der Waals surface area contributed by atoms with E-state index in [9.17, 15) is 14.4 Å². The van der Waals surface area contributed by atoms with Crippen LogP contribution in [0, 0.1) is 0 Å². The van der Waals surface area contributed by atoms with Gasteiger partial charge in [-0.05, 0) is 47.5 Å². The van der Waals surface area contributed by atoms with E-state index in [1.165, 1.54) is 4.90 Å². The summed E-state index contributed by atoms with van der Waals surface area (Å²) in [5, 5.41) is 2.46. The molecule has 31 heavy (non-hydrogen) atoms. The molecule has 0 radical (unpaired) electrons. The smallest absolute Gasteiger partial charge is 0.293 e. The molecule has 0 unspecified atom stereocenters. The Hall–Kier alpha value is -3.26. The number of rotatable bonds is 7. The number of hydrogen-bond donors (Lipinski definition) is 1. The molecule has 2 aliphatic rings. The van der Waals surface area contributed by atoms with Gasteiger partial charge in [0, 0.05) is 19.5 Å². The molecule has 2 aliphatic heterocycles. The lowest BCUT2D eigenvalue weighted by Crippen LogP contribution is -2.37. The molecule has 0 saturated carbocycles. The Bertz CT molecular complexity index is 1020. The molecular weight excluding hydrogens is 416 g/mol. The van der Waals surface area contributed by atoms with Gasteiger partial charge in [-0.25, -0.2) is 0 Å². The van der Waals surface area contributed by atoms with Crippen molar-refractivity contribution in [2.45, 2.75) is 12.8 Å². The second-order valence-electron chi connectivity index (χ2n) is 7.07. The molecule has 2 aromatic carbocycles. The molecule has 1 saturated heterocycles. The molecule has 1 N–H and O–H groups in total. The van der Waals surface area contributed by atoms with Crippen LogP contribution in [0.4, 0.5) is 4.79 Å². The fourth-order valence-electron chi connectivity index (χ4n) is 3.29. The second kappa shape index (κ2) is 9.70. The van der Waals surface area contributed by atoms with Crippen LogP contribution in [0.1, 0.15) is 17.5 Å². The molecule has 3 amide bonds. The largest absolute Gasteiger partial charge is 0.486 e. The average Bonchev–Trinajstić information content (AvgIpc) is 3.05. The Morgan fingerprint density at radius 3 is 2.65 bits per heavy atom. The van der Waals surface area contributed by atoms with Crippen LogP contribution in [-0.2, 0) is 16.0 Å². The van der Waals surface area contributed by atoms with E-state index >= 15 is 0 Å². The number of hydrogen-bond acceptors (Lipinski definition) is 6. The number of imide groups is 1. The topological polar surface area (TPSA) is 84.9 Å². The van der Waals surface area contributed by atoms with Crippen molar-refractivity contribution in [1.29, 1.82) is 0 Å². The molecule has 2 aromatic rings. The summed E-state index contributed by atoms with van der Waals surface area (Å²) in [4.78, 5) is 38.4. The van der Waals surface area contributed by atoms with Gasteiger partial charge in [0.1, 0.15) is 13.2 Å². The third kappa shape index (κ3) is 5.27. The van der Waals surface area contributed by atoms with Gasteiger partial charge in [-0.3, -0.25) is 19.3 Å². The van der Waals surface area contributed by atoms with Crippen molar-refractivity contribution < 1.29 is 23.9 Å². The van der Waals surface area contributed by atoms with Gasteiger partial charge in [-0.1, -0.05) is 36.4 Å². The monoisotopic (exact) mass is 438 g/mol. The predicted molar refractivity (Wildman–Crippen MR) is 118 cm³/mol. The molecule has 0 bridgehead atoms. The first kappa shape index (κ1) is 21.0. The van der Waals surface area contributed by atoms with E-state index in [2.05, 4.69) is 5.32 Å². The molecule has 4 rings (SSSR count). The highest BCUT2D eigenvalue weighted by Gasteiger charge is 2.34. The van der Waals surface area contributed by atoms with Crippen LogP contribution in [-0.4, -0.2) is 48.3 Å². The van der Waals surface area contributed by atoms with Crippen LogP contribution in [0.5, 0.6) is 11.5 Å². The lowest BCUT2D eigenvalue weighted by Gasteiger charge is -2.18. The minimum absolute atomic E-state index is 0.137. The van der Waals surface area contributed by atoms with E-state index in [0.717, 1.165) is 28.6 Å². The van der Waals surface area contributed by atoms with Gasteiger partial charge >= 0.3 is 0 Å². The number of carbonyl (C=O) groups excluding carboxylic acids is 3. The van der Waals surface area contributed by atoms with Crippen molar-refractivity contribution in [2.75, 3.05) is 26.3 Å². The highest BCUT2D eigenvalue weighted by molar-refractivity contribution is 8.18. The molecule has 0 spiro atoms. The maximum atomic E-state index is 12.5. The molecule has 0 aromatic heterocycles. The van der Waals surface area contributed by atoms with Gasteiger partial charge in [0.05, 0.1) is 4.91 Å². The van der Waals surface area contributed by atoms with Crippen LogP contribution in [0.2, 0.25) is 0 Å². The maximum Gasteiger partial charge on any atom is 0.293 e. The summed E-state index contributed by atoms with van der Waals surface area (Å²) in [6, 6.07) is 15.0. The second-order valence-corrected chi connectivity index (χ2v) is 8.07. The fraction of sp³-hybridized carbons (Fsp3) is 0.261. The number of thioether (sulfide) groups is 1. The number of aryl methyl sites for hydroxylation is 1. The van der Waals surface area contributed by atoms with Gasteiger partial charge < -0.3 is 14.8 Å². The van der Waals surface area contributed by atoms with E-state index in [4.69, 9.17) is 9.47 Å². The molecule has 2 heterocycles. The van der Waals surface area contributed by atoms with Crippen LogP contribution in [0.25, 0.3) is 6.08 Å². The highest BCUT2D eigenvalue weighted by atomic mass is 32.2. The molecular formula is C23H22N2O5S. The summed E-state index contributed by atoms with van der Waals surface area (Å²) in [6.45, 7) is 1.42. The maximum absolute atomic E-state index is 12.5. The Kier molecular flexibility index (Phi) is 6.57. The van der Waals surface area contributed by atoms with Crippen molar-refractivity contribution in [3.8, 4) is 11.5 Å². The summed E-state index contributed by atoms with van der Waals surface area (Å²) in [7, 11) is 0.